The van der Waals surface area contributed by atoms with Crippen LogP contribution in [0.3, 0.4) is 0 Å². The zero-order valence-electron chi connectivity index (χ0n) is 14.1. The number of nitrogens with one attached hydrogen (secondary N) is 2. The Bertz CT molecular complexity index is 539. The van der Waals surface area contributed by atoms with Gasteiger partial charge in [0.15, 0.2) is 5.82 Å². The lowest BCUT2D eigenvalue weighted by atomic mass is 10.1. The summed E-state index contributed by atoms with van der Waals surface area (Å²) in [5.74, 6) is 0.378. The van der Waals surface area contributed by atoms with Crippen molar-refractivity contribution in [1.29, 1.82) is 0 Å². The SMILES string of the molecule is CN/C(=C\[N+](=O)[O-])NCCCOn1cc(CN2CCCCC2)cn1. The summed E-state index contributed by atoms with van der Waals surface area (Å²) in [6, 6.07) is 0. The summed E-state index contributed by atoms with van der Waals surface area (Å²) >= 11 is 0. The Balaban J connectivity index is 1.63. The molecule has 2 N–H and O–H groups in total. The Morgan fingerprint density at radius 3 is 2.96 bits per heavy atom. The minimum Gasteiger partial charge on any atom is -0.397 e. The molecule has 2 heterocycles. The quantitative estimate of drug-likeness (QED) is 0.366. The van der Waals surface area contributed by atoms with Crippen LogP contribution >= 0.6 is 0 Å². The summed E-state index contributed by atoms with van der Waals surface area (Å²) in [4.78, 5) is 19.4. The normalized spacial score (nSPS) is 16.0. The molecule has 1 saturated heterocycles. The average Bonchev–Trinajstić information content (AvgIpc) is 3.01. The zero-order chi connectivity index (χ0) is 17.2. The molecule has 1 aliphatic rings. The molecule has 0 aliphatic carbocycles. The minimum absolute atomic E-state index is 0.378. The molecule has 1 fully saturated rings. The standard InChI is InChI=1S/C15H26N6O3/c1-16-15(13-21(22)23)17-6-5-9-24-20-12-14(10-18-20)11-19-7-3-2-4-8-19/h10,12-13,16-17H,2-9,11H2,1H3/b15-13+. The molecular formula is C15H26N6O3. The average molecular weight is 338 g/mol. The summed E-state index contributed by atoms with van der Waals surface area (Å²) in [7, 11) is 1.63. The highest BCUT2D eigenvalue weighted by molar-refractivity contribution is 5.03. The van der Waals surface area contributed by atoms with Crippen molar-refractivity contribution in [2.75, 3.05) is 33.3 Å². The molecule has 1 aromatic rings. The van der Waals surface area contributed by atoms with Crippen molar-refractivity contribution in [1.82, 2.24) is 25.5 Å². The maximum absolute atomic E-state index is 10.4. The van der Waals surface area contributed by atoms with E-state index in [-0.39, 0.29) is 0 Å². The third-order valence-corrected chi connectivity index (χ3v) is 3.83. The number of piperidine rings is 1. The predicted octanol–water partition coefficient (Wildman–Crippen LogP) is 0.572. The van der Waals surface area contributed by atoms with Crippen LogP contribution in [0.1, 0.15) is 31.2 Å². The molecule has 9 nitrogen and oxygen atoms in total. The third kappa shape index (κ3) is 6.45. The van der Waals surface area contributed by atoms with E-state index in [1.807, 2.05) is 12.4 Å². The van der Waals surface area contributed by atoms with E-state index in [1.54, 1.807) is 7.05 Å². The molecule has 0 radical (unpaired) electrons. The Hall–Kier alpha value is -2.29. The van der Waals surface area contributed by atoms with E-state index in [2.05, 4.69) is 20.6 Å². The van der Waals surface area contributed by atoms with Crippen LogP contribution in [0.25, 0.3) is 0 Å². The maximum atomic E-state index is 10.4. The van der Waals surface area contributed by atoms with E-state index in [9.17, 15) is 10.1 Å². The first kappa shape index (κ1) is 18.1. The molecule has 0 amide bonds. The van der Waals surface area contributed by atoms with Gasteiger partial charge in [-0.15, -0.1) is 9.94 Å². The Morgan fingerprint density at radius 2 is 2.25 bits per heavy atom. The predicted molar refractivity (Wildman–Crippen MR) is 89.6 cm³/mol. The summed E-state index contributed by atoms with van der Waals surface area (Å²) in [6.45, 7) is 4.28. The van der Waals surface area contributed by atoms with E-state index >= 15 is 0 Å². The molecule has 0 atom stereocenters. The summed E-state index contributed by atoms with van der Waals surface area (Å²) in [6.07, 6.45) is 9.24. The second-order valence-electron chi connectivity index (χ2n) is 5.78. The summed E-state index contributed by atoms with van der Waals surface area (Å²) in [5.41, 5.74) is 1.15. The topological polar surface area (TPSA) is 97.5 Å². The number of likely N-dealkylation sites (tertiary alicyclic amines) is 1. The van der Waals surface area contributed by atoms with Gasteiger partial charge in [0.25, 0.3) is 6.20 Å². The minimum atomic E-state index is -0.497. The zero-order valence-corrected chi connectivity index (χ0v) is 14.1. The van der Waals surface area contributed by atoms with Gasteiger partial charge in [-0.2, -0.15) is 0 Å². The number of hydrogen-bond acceptors (Lipinski definition) is 7. The Kier molecular flexibility index (Phi) is 7.34. The Morgan fingerprint density at radius 1 is 1.46 bits per heavy atom. The van der Waals surface area contributed by atoms with Crippen molar-refractivity contribution in [3.05, 3.63) is 40.1 Å². The highest BCUT2D eigenvalue weighted by Gasteiger charge is 2.11. The molecule has 0 saturated carbocycles. The van der Waals surface area contributed by atoms with Crippen LogP contribution in [-0.4, -0.2) is 53.1 Å². The molecule has 134 valence electrons. The maximum Gasteiger partial charge on any atom is 0.274 e. The van der Waals surface area contributed by atoms with Gasteiger partial charge in [-0.3, -0.25) is 15.0 Å². The molecule has 0 unspecified atom stereocenters. The first-order chi connectivity index (χ1) is 11.7. The van der Waals surface area contributed by atoms with Gasteiger partial charge in [-0.05, 0) is 25.9 Å². The smallest absolute Gasteiger partial charge is 0.274 e. The van der Waals surface area contributed by atoms with E-state index in [0.717, 1.165) is 31.4 Å². The van der Waals surface area contributed by atoms with Crippen LogP contribution in [-0.2, 0) is 6.54 Å². The van der Waals surface area contributed by atoms with Crippen molar-refractivity contribution >= 4 is 0 Å². The summed E-state index contributed by atoms with van der Waals surface area (Å²) in [5, 5.41) is 20.3. The van der Waals surface area contributed by atoms with E-state index in [4.69, 9.17) is 4.84 Å². The van der Waals surface area contributed by atoms with E-state index in [0.29, 0.717) is 25.4 Å². The highest BCUT2D eigenvalue weighted by Crippen LogP contribution is 2.12. The molecule has 9 heteroatoms. The fraction of sp³-hybridized carbons (Fsp3) is 0.667. The van der Waals surface area contributed by atoms with Crippen LogP contribution in [0.5, 0.6) is 0 Å². The first-order valence-corrected chi connectivity index (χ1v) is 8.33. The molecule has 0 spiro atoms. The van der Waals surface area contributed by atoms with Crippen molar-refractivity contribution in [3.63, 3.8) is 0 Å². The van der Waals surface area contributed by atoms with Gasteiger partial charge >= 0.3 is 0 Å². The lowest BCUT2D eigenvalue weighted by Gasteiger charge is -2.25. The second kappa shape index (κ2) is 9.76. The molecule has 1 aliphatic heterocycles. The monoisotopic (exact) mass is 338 g/mol. The van der Waals surface area contributed by atoms with Crippen LogP contribution in [0.4, 0.5) is 0 Å². The van der Waals surface area contributed by atoms with Gasteiger partial charge in [0.2, 0.25) is 0 Å². The first-order valence-electron chi connectivity index (χ1n) is 8.33. The second-order valence-corrected chi connectivity index (χ2v) is 5.78. The van der Waals surface area contributed by atoms with Crippen molar-refractivity contribution in [2.24, 2.45) is 0 Å². The molecule has 24 heavy (non-hydrogen) atoms. The molecule has 0 bridgehead atoms. The van der Waals surface area contributed by atoms with Crippen molar-refractivity contribution in [2.45, 2.75) is 32.2 Å². The van der Waals surface area contributed by atoms with Gasteiger partial charge in [-0.1, -0.05) is 6.42 Å². The molecule has 0 aromatic carbocycles. The molecule has 2 rings (SSSR count). The van der Waals surface area contributed by atoms with Gasteiger partial charge in [0.05, 0.1) is 17.3 Å². The van der Waals surface area contributed by atoms with Gasteiger partial charge < -0.3 is 15.5 Å². The lowest BCUT2D eigenvalue weighted by molar-refractivity contribution is -0.404. The van der Waals surface area contributed by atoms with Crippen LogP contribution in [0.2, 0.25) is 0 Å². The Labute approximate surface area is 141 Å². The highest BCUT2D eigenvalue weighted by atomic mass is 16.7. The van der Waals surface area contributed by atoms with Crippen LogP contribution in [0, 0.1) is 10.1 Å². The van der Waals surface area contributed by atoms with Crippen molar-refractivity contribution in [3.8, 4) is 0 Å². The lowest BCUT2D eigenvalue weighted by Crippen LogP contribution is -2.29. The molecule has 1 aromatic heterocycles. The largest absolute Gasteiger partial charge is 0.397 e. The van der Waals surface area contributed by atoms with E-state index < -0.39 is 4.92 Å². The fourth-order valence-electron chi connectivity index (χ4n) is 2.62. The van der Waals surface area contributed by atoms with Crippen molar-refractivity contribution < 1.29 is 9.76 Å². The number of aromatic nitrogens is 2. The number of nitro groups is 1. The van der Waals surface area contributed by atoms with Gasteiger partial charge in [0, 0.05) is 32.1 Å². The third-order valence-electron chi connectivity index (χ3n) is 3.83. The number of nitrogens with zero attached hydrogens (tertiary/aromatic N) is 4. The molecular weight excluding hydrogens is 312 g/mol. The number of rotatable bonds is 10. The van der Waals surface area contributed by atoms with Gasteiger partial charge in [-0.25, -0.2) is 0 Å². The van der Waals surface area contributed by atoms with Crippen LogP contribution in [0.15, 0.2) is 24.4 Å². The van der Waals surface area contributed by atoms with E-state index in [1.165, 1.54) is 24.1 Å². The van der Waals surface area contributed by atoms with Gasteiger partial charge in [0.1, 0.15) is 6.61 Å². The van der Waals surface area contributed by atoms with Crippen LogP contribution < -0.4 is 15.5 Å². The summed E-state index contributed by atoms with van der Waals surface area (Å²) < 4.78 is 0. The fourth-order valence-corrected chi connectivity index (χ4v) is 2.62. The number of hydrogen-bond donors (Lipinski definition) is 2.